The number of rotatable bonds is 3. The summed E-state index contributed by atoms with van der Waals surface area (Å²) in [7, 11) is 0. The van der Waals surface area contributed by atoms with Crippen LogP contribution in [0.5, 0.6) is 0 Å². The number of nitrogens with one attached hydrogen (secondary N) is 1. The van der Waals surface area contributed by atoms with Crippen LogP contribution in [0.3, 0.4) is 0 Å². The molecule has 2 aromatic rings. The standard InChI is InChI=1S/C14H12BrN3/c1-10-6-12(8-16)7-14(18-10)17-9-11-2-4-13(15)5-3-11/h2-7H,9H2,1H3,(H,17,18). The van der Waals surface area contributed by atoms with Gasteiger partial charge in [-0.2, -0.15) is 5.26 Å². The lowest BCUT2D eigenvalue weighted by atomic mass is 10.2. The molecule has 90 valence electrons. The Kier molecular flexibility index (Phi) is 3.96. The summed E-state index contributed by atoms with van der Waals surface area (Å²) >= 11 is 3.40. The Bertz CT molecular complexity index is 585. The summed E-state index contributed by atoms with van der Waals surface area (Å²) in [5.74, 6) is 0.731. The third-order valence-electron chi connectivity index (χ3n) is 2.47. The first kappa shape index (κ1) is 12.6. The number of anilines is 1. The molecule has 0 saturated carbocycles. The molecule has 18 heavy (non-hydrogen) atoms. The van der Waals surface area contributed by atoms with Crippen molar-refractivity contribution in [2.75, 3.05) is 5.32 Å². The van der Waals surface area contributed by atoms with Gasteiger partial charge in [0.15, 0.2) is 0 Å². The van der Waals surface area contributed by atoms with Gasteiger partial charge in [-0.3, -0.25) is 0 Å². The van der Waals surface area contributed by atoms with Gasteiger partial charge < -0.3 is 5.32 Å². The first-order chi connectivity index (χ1) is 8.67. The number of halogens is 1. The number of pyridine rings is 1. The van der Waals surface area contributed by atoms with Gasteiger partial charge in [-0.25, -0.2) is 4.98 Å². The number of aryl methyl sites for hydroxylation is 1. The maximum absolute atomic E-state index is 8.89. The molecule has 0 unspecified atom stereocenters. The van der Waals surface area contributed by atoms with Crippen molar-refractivity contribution in [3.8, 4) is 6.07 Å². The van der Waals surface area contributed by atoms with Gasteiger partial charge in [0.1, 0.15) is 5.82 Å². The van der Waals surface area contributed by atoms with Crippen LogP contribution in [0.15, 0.2) is 40.9 Å². The monoisotopic (exact) mass is 301 g/mol. The average molecular weight is 302 g/mol. The SMILES string of the molecule is Cc1cc(C#N)cc(NCc2ccc(Br)cc2)n1. The molecule has 0 bridgehead atoms. The number of hydrogen-bond acceptors (Lipinski definition) is 3. The van der Waals surface area contributed by atoms with Crippen LogP contribution in [0.2, 0.25) is 0 Å². The van der Waals surface area contributed by atoms with Crippen LogP contribution in [0, 0.1) is 18.3 Å². The predicted molar refractivity (Wildman–Crippen MR) is 75.2 cm³/mol. The maximum Gasteiger partial charge on any atom is 0.127 e. The molecule has 3 nitrogen and oxygen atoms in total. The van der Waals surface area contributed by atoms with Gasteiger partial charge in [-0.15, -0.1) is 0 Å². The summed E-state index contributed by atoms with van der Waals surface area (Å²) in [6.45, 7) is 2.57. The highest BCUT2D eigenvalue weighted by Crippen LogP contribution is 2.13. The summed E-state index contributed by atoms with van der Waals surface area (Å²) in [5.41, 5.74) is 2.63. The van der Waals surface area contributed by atoms with E-state index in [2.05, 4.69) is 32.3 Å². The Hall–Kier alpha value is -1.86. The van der Waals surface area contributed by atoms with E-state index in [-0.39, 0.29) is 0 Å². The van der Waals surface area contributed by atoms with Crippen LogP contribution in [0.4, 0.5) is 5.82 Å². The highest BCUT2D eigenvalue weighted by atomic mass is 79.9. The van der Waals surface area contributed by atoms with E-state index < -0.39 is 0 Å². The van der Waals surface area contributed by atoms with E-state index in [1.54, 1.807) is 12.1 Å². The first-order valence-electron chi connectivity index (χ1n) is 5.54. The Morgan fingerprint density at radius 1 is 1.28 bits per heavy atom. The minimum absolute atomic E-state index is 0.626. The zero-order valence-corrected chi connectivity index (χ0v) is 11.5. The Labute approximate surface area is 115 Å². The van der Waals surface area contributed by atoms with Gasteiger partial charge in [0.05, 0.1) is 11.6 Å². The zero-order valence-electron chi connectivity index (χ0n) is 9.94. The molecule has 0 fully saturated rings. The second-order valence-corrected chi connectivity index (χ2v) is 4.89. The molecule has 0 aliphatic heterocycles. The molecule has 1 N–H and O–H groups in total. The zero-order chi connectivity index (χ0) is 13.0. The lowest BCUT2D eigenvalue weighted by Gasteiger charge is -2.07. The minimum Gasteiger partial charge on any atom is -0.366 e. The third kappa shape index (κ3) is 3.31. The van der Waals surface area contributed by atoms with Crippen molar-refractivity contribution >= 4 is 21.7 Å². The topological polar surface area (TPSA) is 48.7 Å². The molecule has 2 rings (SSSR count). The number of nitriles is 1. The molecular formula is C14H12BrN3. The fourth-order valence-electron chi connectivity index (χ4n) is 1.62. The normalized spacial score (nSPS) is 9.83. The summed E-state index contributed by atoms with van der Waals surface area (Å²) in [5, 5.41) is 12.1. The van der Waals surface area contributed by atoms with Crippen LogP contribution in [-0.4, -0.2) is 4.98 Å². The van der Waals surface area contributed by atoms with E-state index in [0.29, 0.717) is 12.1 Å². The number of nitrogens with zero attached hydrogens (tertiary/aromatic N) is 2. The van der Waals surface area contributed by atoms with Gasteiger partial charge in [-0.1, -0.05) is 28.1 Å². The lowest BCUT2D eigenvalue weighted by Crippen LogP contribution is -2.02. The van der Waals surface area contributed by atoms with E-state index in [1.165, 1.54) is 5.56 Å². The van der Waals surface area contributed by atoms with E-state index in [4.69, 9.17) is 5.26 Å². The molecule has 1 heterocycles. The second kappa shape index (κ2) is 5.65. The molecule has 0 saturated heterocycles. The van der Waals surface area contributed by atoms with Crippen molar-refractivity contribution in [3.05, 3.63) is 57.7 Å². The molecule has 0 radical (unpaired) electrons. The predicted octanol–water partition coefficient (Wildman–Crippen LogP) is 3.64. The van der Waals surface area contributed by atoms with Crippen LogP contribution < -0.4 is 5.32 Å². The van der Waals surface area contributed by atoms with Gasteiger partial charge in [0.2, 0.25) is 0 Å². The van der Waals surface area contributed by atoms with E-state index in [0.717, 1.165) is 16.0 Å². The van der Waals surface area contributed by atoms with Crippen molar-refractivity contribution in [3.63, 3.8) is 0 Å². The molecule has 0 atom stereocenters. The van der Waals surface area contributed by atoms with Crippen molar-refractivity contribution in [2.45, 2.75) is 13.5 Å². The molecule has 1 aromatic heterocycles. The lowest BCUT2D eigenvalue weighted by molar-refractivity contribution is 1.09. The highest BCUT2D eigenvalue weighted by Gasteiger charge is 2.00. The quantitative estimate of drug-likeness (QED) is 0.941. The molecule has 0 spiro atoms. The molecular weight excluding hydrogens is 290 g/mol. The molecule has 0 amide bonds. The Morgan fingerprint density at radius 2 is 2.00 bits per heavy atom. The number of aromatic nitrogens is 1. The Morgan fingerprint density at radius 3 is 2.67 bits per heavy atom. The van der Waals surface area contributed by atoms with Crippen LogP contribution in [0.25, 0.3) is 0 Å². The maximum atomic E-state index is 8.89. The van der Waals surface area contributed by atoms with Crippen LogP contribution in [-0.2, 0) is 6.54 Å². The van der Waals surface area contributed by atoms with Crippen molar-refractivity contribution in [1.82, 2.24) is 4.98 Å². The van der Waals surface area contributed by atoms with E-state index in [1.807, 2.05) is 31.2 Å². The molecule has 0 aliphatic rings. The smallest absolute Gasteiger partial charge is 0.127 e. The van der Waals surface area contributed by atoms with Crippen molar-refractivity contribution in [2.24, 2.45) is 0 Å². The van der Waals surface area contributed by atoms with Gasteiger partial charge in [-0.05, 0) is 36.8 Å². The summed E-state index contributed by atoms with van der Waals surface area (Å²) in [4.78, 5) is 4.34. The van der Waals surface area contributed by atoms with E-state index >= 15 is 0 Å². The second-order valence-electron chi connectivity index (χ2n) is 3.97. The summed E-state index contributed by atoms with van der Waals surface area (Å²) < 4.78 is 1.06. The molecule has 0 aliphatic carbocycles. The third-order valence-corrected chi connectivity index (χ3v) is 3.00. The largest absolute Gasteiger partial charge is 0.366 e. The first-order valence-corrected chi connectivity index (χ1v) is 6.34. The number of hydrogen-bond donors (Lipinski definition) is 1. The number of benzene rings is 1. The highest BCUT2D eigenvalue weighted by molar-refractivity contribution is 9.10. The van der Waals surface area contributed by atoms with Gasteiger partial charge in [0.25, 0.3) is 0 Å². The van der Waals surface area contributed by atoms with Gasteiger partial charge >= 0.3 is 0 Å². The fraction of sp³-hybridized carbons (Fsp3) is 0.143. The van der Waals surface area contributed by atoms with Crippen LogP contribution >= 0.6 is 15.9 Å². The molecule has 1 aromatic carbocycles. The van der Waals surface area contributed by atoms with Crippen LogP contribution in [0.1, 0.15) is 16.8 Å². The Balaban J connectivity index is 2.08. The molecule has 4 heteroatoms. The summed E-state index contributed by atoms with van der Waals surface area (Å²) in [6.07, 6.45) is 0. The van der Waals surface area contributed by atoms with Gasteiger partial charge in [0, 0.05) is 16.7 Å². The minimum atomic E-state index is 0.626. The summed E-state index contributed by atoms with van der Waals surface area (Å²) in [6, 6.07) is 13.7. The van der Waals surface area contributed by atoms with E-state index in [9.17, 15) is 0 Å². The average Bonchev–Trinajstić information content (AvgIpc) is 2.37. The van der Waals surface area contributed by atoms with Crippen molar-refractivity contribution < 1.29 is 0 Å². The van der Waals surface area contributed by atoms with Crippen molar-refractivity contribution in [1.29, 1.82) is 5.26 Å². The fourth-order valence-corrected chi connectivity index (χ4v) is 1.88.